The summed E-state index contributed by atoms with van der Waals surface area (Å²) in [6, 6.07) is 4.00. The second-order valence-corrected chi connectivity index (χ2v) is 9.37. The quantitative estimate of drug-likeness (QED) is 0.429. The third kappa shape index (κ3) is 4.24. The second-order valence-electron chi connectivity index (χ2n) is 8.42. The van der Waals surface area contributed by atoms with Crippen LogP contribution in [0.15, 0.2) is 39.3 Å². The summed E-state index contributed by atoms with van der Waals surface area (Å²) in [5, 5.41) is 9.43. The molecule has 1 fully saturated rings. The van der Waals surface area contributed by atoms with Crippen molar-refractivity contribution in [1.82, 2.24) is 28.9 Å². The van der Waals surface area contributed by atoms with E-state index in [4.69, 9.17) is 5.73 Å². The van der Waals surface area contributed by atoms with E-state index in [0.717, 1.165) is 34.0 Å². The molecule has 1 saturated carbocycles. The third-order valence-electron chi connectivity index (χ3n) is 6.30. The molecule has 0 aliphatic heterocycles. The van der Waals surface area contributed by atoms with Crippen LogP contribution in [0, 0.1) is 5.92 Å². The minimum atomic E-state index is -0.695. The number of pyridine rings is 1. The average Bonchev–Trinajstić information content (AvgIpc) is 3.25. The summed E-state index contributed by atoms with van der Waals surface area (Å²) in [4.78, 5) is 41.8. The van der Waals surface area contributed by atoms with Gasteiger partial charge in [0.05, 0.1) is 5.75 Å². The first-order valence-corrected chi connectivity index (χ1v) is 11.9. The van der Waals surface area contributed by atoms with Gasteiger partial charge in [0, 0.05) is 38.1 Å². The molecular formula is C22H27N7O3S. The second kappa shape index (κ2) is 9.34. The van der Waals surface area contributed by atoms with Crippen molar-refractivity contribution in [3.8, 4) is 11.4 Å². The number of nitrogen functional groups attached to an aromatic ring is 1. The van der Waals surface area contributed by atoms with Crippen LogP contribution in [0.3, 0.4) is 0 Å². The molecule has 4 rings (SSSR count). The third-order valence-corrected chi connectivity index (χ3v) is 7.25. The van der Waals surface area contributed by atoms with Gasteiger partial charge in [-0.25, -0.2) is 4.79 Å². The zero-order valence-electron chi connectivity index (χ0n) is 18.9. The van der Waals surface area contributed by atoms with Gasteiger partial charge in [0.2, 0.25) is 0 Å². The van der Waals surface area contributed by atoms with E-state index >= 15 is 0 Å². The number of anilines is 1. The molecule has 10 nitrogen and oxygen atoms in total. The van der Waals surface area contributed by atoms with Crippen LogP contribution in [0.4, 0.5) is 5.82 Å². The highest BCUT2D eigenvalue weighted by atomic mass is 32.2. The van der Waals surface area contributed by atoms with Crippen molar-refractivity contribution >= 4 is 23.4 Å². The molecule has 11 heteroatoms. The topological polar surface area (TPSA) is 131 Å². The Kier molecular flexibility index (Phi) is 6.50. The number of carbonyl (C=O) groups excluding carboxylic acids is 1. The summed E-state index contributed by atoms with van der Waals surface area (Å²) in [7, 11) is 2.76. The van der Waals surface area contributed by atoms with Crippen molar-refractivity contribution in [1.29, 1.82) is 0 Å². The summed E-state index contributed by atoms with van der Waals surface area (Å²) in [6.45, 7) is 2.23. The number of ketones is 1. The minimum absolute atomic E-state index is 0.0517. The standard InChI is InChI=1S/C22H27N7O3S/c1-13-7-4-5-9-15(13)29-19(14-8-6-10-24-11-14)25-26-21(29)33-12-16(30)17-18(23)27(2)22(32)28(3)20(17)31/h6,8,10-11,13,15H,4-5,7,9,12,23H2,1-3H3/t13-,15-/m0/s1. The van der Waals surface area contributed by atoms with Crippen molar-refractivity contribution in [2.24, 2.45) is 20.0 Å². The van der Waals surface area contributed by atoms with Crippen molar-refractivity contribution in [2.45, 2.75) is 43.8 Å². The van der Waals surface area contributed by atoms with Gasteiger partial charge in [-0.05, 0) is 30.9 Å². The maximum Gasteiger partial charge on any atom is 0.332 e. The Hall–Kier alpha value is -3.21. The van der Waals surface area contributed by atoms with E-state index in [2.05, 4.69) is 26.7 Å². The Bertz CT molecular complexity index is 1300. The van der Waals surface area contributed by atoms with E-state index in [9.17, 15) is 14.4 Å². The van der Waals surface area contributed by atoms with Gasteiger partial charge >= 0.3 is 5.69 Å². The fourth-order valence-corrected chi connectivity index (χ4v) is 5.23. The summed E-state index contributed by atoms with van der Waals surface area (Å²) in [5.74, 6) is 0.514. The molecule has 3 aromatic rings. The summed E-state index contributed by atoms with van der Waals surface area (Å²) in [6.07, 6.45) is 7.89. The average molecular weight is 470 g/mol. The fourth-order valence-electron chi connectivity index (χ4n) is 4.37. The number of thioether (sulfide) groups is 1. The predicted octanol–water partition coefficient (Wildman–Crippen LogP) is 2.05. The van der Waals surface area contributed by atoms with Gasteiger partial charge in [0.15, 0.2) is 16.8 Å². The SMILES string of the molecule is C[C@H]1CCCC[C@@H]1n1c(SCC(=O)c2c(N)n(C)c(=O)n(C)c2=O)nnc1-c1cccnc1. The van der Waals surface area contributed by atoms with E-state index in [-0.39, 0.29) is 23.2 Å². The molecule has 0 saturated heterocycles. The molecule has 2 atom stereocenters. The number of nitrogens with two attached hydrogens (primary N) is 1. The number of rotatable bonds is 6. The van der Waals surface area contributed by atoms with Crippen LogP contribution in [-0.2, 0) is 14.1 Å². The normalized spacial score (nSPS) is 18.4. The zero-order valence-corrected chi connectivity index (χ0v) is 19.7. The molecule has 0 spiro atoms. The molecule has 3 aromatic heterocycles. The number of hydrogen-bond donors (Lipinski definition) is 1. The Morgan fingerprint density at radius 3 is 2.64 bits per heavy atom. The van der Waals surface area contributed by atoms with Gasteiger partial charge in [0.25, 0.3) is 5.56 Å². The number of nitrogens with zero attached hydrogens (tertiary/aromatic N) is 6. The monoisotopic (exact) mass is 469 g/mol. The van der Waals surface area contributed by atoms with Gasteiger partial charge < -0.3 is 5.73 Å². The zero-order chi connectivity index (χ0) is 23.7. The molecule has 0 aromatic carbocycles. The van der Waals surface area contributed by atoms with Crippen LogP contribution in [0.2, 0.25) is 0 Å². The lowest BCUT2D eigenvalue weighted by Crippen LogP contribution is -2.41. The Balaban J connectivity index is 1.68. The van der Waals surface area contributed by atoms with Crippen LogP contribution in [0.5, 0.6) is 0 Å². The largest absolute Gasteiger partial charge is 0.384 e. The molecule has 1 aliphatic rings. The van der Waals surface area contributed by atoms with Gasteiger partial charge in [-0.15, -0.1) is 10.2 Å². The highest BCUT2D eigenvalue weighted by Crippen LogP contribution is 2.38. The van der Waals surface area contributed by atoms with E-state index < -0.39 is 17.0 Å². The molecule has 1 aliphatic carbocycles. The Labute approximate surface area is 194 Å². The Morgan fingerprint density at radius 2 is 1.94 bits per heavy atom. The van der Waals surface area contributed by atoms with Crippen molar-refractivity contribution in [3.05, 3.63) is 50.9 Å². The van der Waals surface area contributed by atoms with E-state index in [1.54, 1.807) is 12.4 Å². The fraction of sp³-hybridized carbons (Fsp3) is 0.455. The van der Waals surface area contributed by atoms with Crippen molar-refractivity contribution in [2.75, 3.05) is 11.5 Å². The maximum atomic E-state index is 13.0. The smallest absolute Gasteiger partial charge is 0.332 e. The number of hydrogen-bond acceptors (Lipinski definition) is 8. The van der Waals surface area contributed by atoms with Crippen LogP contribution in [-0.4, -0.2) is 40.4 Å². The molecule has 33 heavy (non-hydrogen) atoms. The highest BCUT2D eigenvalue weighted by Gasteiger charge is 2.29. The molecule has 2 N–H and O–H groups in total. The predicted molar refractivity (Wildman–Crippen MR) is 126 cm³/mol. The molecule has 0 amide bonds. The summed E-state index contributed by atoms with van der Waals surface area (Å²) in [5.41, 5.74) is 5.35. The molecule has 0 unspecified atom stereocenters. The van der Waals surface area contributed by atoms with Gasteiger partial charge in [-0.2, -0.15) is 0 Å². The minimum Gasteiger partial charge on any atom is -0.384 e. The van der Waals surface area contributed by atoms with Gasteiger partial charge in [-0.3, -0.25) is 28.3 Å². The maximum absolute atomic E-state index is 13.0. The number of Topliss-reactive ketones (excluding diaryl/α,β-unsaturated/α-hetero) is 1. The van der Waals surface area contributed by atoms with Crippen LogP contribution >= 0.6 is 11.8 Å². The van der Waals surface area contributed by atoms with E-state index in [1.807, 2.05) is 12.1 Å². The van der Waals surface area contributed by atoms with E-state index in [0.29, 0.717) is 16.9 Å². The molecule has 174 valence electrons. The van der Waals surface area contributed by atoms with Crippen LogP contribution in [0.1, 0.15) is 49.0 Å². The number of aromatic nitrogens is 6. The first kappa shape index (κ1) is 23.0. The lowest BCUT2D eigenvalue weighted by Gasteiger charge is -2.31. The lowest BCUT2D eigenvalue weighted by molar-refractivity contribution is 0.102. The van der Waals surface area contributed by atoms with Crippen LogP contribution < -0.4 is 17.0 Å². The molecule has 0 bridgehead atoms. The summed E-state index contributed by atoms with van der Waals surface area (Å²) >= 11 is 1.22. The molecule has 3 heterocycles. The van der Waals surface area contributed by atoms with E-state index in [1.165, 1.54) is 32.3 Å². The number of carbonyl (C=O) groups is 1. The summed E-state index contributed by atoms with van der Waals surface area (Å²) < 4.78 is 4.11. The highest BCUT2D eigenvalue weighted by molar-refractivity contribution is 7.99. The van der Waals surface area contributed by atoms with Gasteiger partial charge in [-0.1, -0.05) is 31.5 Å². The van der Waals surface area contributed by atoms with Crippen molar-refractivity contribution in [3.63, 3.8) is 0 Å². The first-order valence-electron chi connectivity index (χ1n) is 10.9. The molecular weight excluding hydrogens is 442 g/mol. The molecule has 0 radical (unpaired) electrons. The first-order chi connectivity index (χ1) is 15.8. The van der Waals surface area contributed by atoms with Crippen LogP contribution in [0.25, 0.3) is 11.4 Å². The Morgan fingerprint density at radius 1 is 1.18 bits per heavy atom. The van der Waals surface area contributed by atoms with Gasteiger partial charge in [0.1, 0.15) is 11.4 Å². The lowest BCUT2D eigenvalue weighted by atomic mass is 9.85. The van der Waals surface area contributed by atoms with Crippen molar-refractivity contribution < 1.29 is 4.79 Å².